The van der Waals surface area contributed by atoms with Crippen molar-refractivity contribution in [2.45, 2.75) is 13.0 Å². The summed E-state index contributed by atoms with van der Waals surface area (Å²) in [4.78, 5) is 4.51. The maximum Gasteiger partial charge on any atom is 0.198 e. The molecule has 1 N–H and O–H groups in total. The molecular weight excluding hydrogens is 272 g/mol. The van der Waals surface area contributed by atoms with Gasteiger partial charge < -0.3 is 9.73 Å². The molecule has 20 heavy (non-hydrogen) atoms. The molecule has 2 aromatic heterocycles. The summed E-state index contributed by atoms with van der Waals surface area (Å²) >= 11 is 6.14. The first kappa shape index (κ1) is 13.2. The van der Waals surface area contributed by atoms with Crippen molar-refractivity contribution in [1.82, 2.24) is 10.3 Å². The molecule has 4 heteroatoms. The highest BCUT2D eigenvalue weighted by Crippen LogP contribution is 2.32. The van der Waals surface area contributed by atoms with Crippen LogP contribution in [0.5, 0.6) is 0 Å². The van der Waals surface area contributed by atoms with Gasteiger partial charge in [-0.2, -0.15) is 0 Å². The van der Waals surface area contributed by atoms with Crippen LogP contribution in [0.15, 0.2) is 53.3 Å². The highest BCUT2D eigenvalue weighted by molar-refractivity contribution is 6.29. The highest BCUT2D eigenvalue weighted by atomic mass is 35.5. The van der Waals surface area contributed by atoms with Crippen LogP contribution >= 0.6 is 11.6 Å². The number of aromatic nitrogens is 1. The van der Waals surface area contributed by atoms with Crippen LogP contribution < -0.4 is 5.32 Å². The molecule has 0 amide bonds. The van der Waals surface area contributed by atoms with E-state index in [-0.39, 0.29) is 6.04 Å². The molecule has 0 aliphatic carbocycles. The van der Waals surface area contributed by atoms with Crippen LogP contribution in [0.25, 0.3) is 10.9 Å². The summed E-state index contributed by atoms with van der Waals surface area (Å²) in [6, 6.07) is 12.1. The van der Waals surface area contributed by atoms with Crippen molar-refractivity contribution < 1.29 is 4.42 Å². The second-order valence-electron chi connectivity index (χ2n) is 4.56. The molecule has 0 aliphatic rings. The fourth-order valence-corrected chi connectivity index (χ4v) is 2.69. The predicted octanol–water partition coefficient (Wildman–Crippen LogP) is 4.18. The molecule has 3 aromatic rings. The average Bonchev–Trinajstić information content (AvgIpc) is 2.90. The van der Waals surface area contributed by atoms with Gasteiger partial charge in [0.15, 0.2) is 5.22 Å². The predicted molar refractivity (Wildman–Crippen MR) is 81.0 cm³/mol. The minimum absolute atomic E-state index is 0.0233. The van der Waals surface area contributed by atoms with Gasteiger partial charge in [-0.15, -0.1) is 0 Å². The van der Waals surface area contributed by atoms with Gasteiger partial charge in [-0.1, -0.05) is 31.2 Å². The zero-order chi connectivity index (χ0) is 13.9. The van der Waals surface area contributed by atoms with Gasteiger partial charge in [0.05, 0.1) is 17.8 Å². The smallest absolute Gasteiger partial charge is 0.198 e. The minimum atomic E-state index is -0.0233. The van der Waals surface area contributed by atoms with Crippen molar-refractivity contribution in [3.63, 3.8) is 0 Å². The van der Waals surface area contributed by atoms with Crippen molar-refractivity contribution >= 4 is 22.5 Å². The number of hydrogen-bond donors (Lipinski definition) is 1. The number of pyridine rings is 1. The fourth-order valence-electron chi connectivity index (χ4n) is 2.46. The molecule has 1 aromatic carbocycles. The number of nitrogens with one attached hydrogen (secondary N) is 1. The lowest BCUT2D eigenvalue weighted by atomic mass is 9.98. The summed E-state index contributed by atoms with van der Waals surface area (Å²) in [5.41, 5.74) is 3.03. The monoisotopic (exact) mass is 286 g/mol. The van der Waals surface area contributed by atoms with E-state index in [0.717, 1.165) is 28.6 Å². The first-order valence-electron chi connectivity index (χ1n) is 6.61. The van der Waals surface area contributed by atoms with Crippen LogP contribution in [0.1, 0.15) is 24.1 Å². The molecule has 0 radical (unpaired) electrons. The van der Waals surface area contributed by atoms with Crippen LogP contribution in [0, 0.1) is 0 Å². The second kappa shape index (κ2) is 5.65. The molecule has 0 saturated carbocycles. The van der Waals surface area contributed by atoms with Crippen molar-refractivity contribution in [2.75, 3.05) is 6.54 Å². The summed E-state index contributed by atoms with van der Waals surface area (Å²) in [6.07, 6.45) is 3.42. The Morgan fingerprint density at radius 2 is 2.05 bits per heavy atom. The average molecular weight is 287 g/mol. The number of halogens is 1. The van der Waals surface area contributed by atoms with E-state index in [2.05, 4.69) is 35.4 Å². The normalized spacial score (nSPS) is 12.7. The first-order chi connectivity index (χ1) is 9.81. The first-order valence-corrected chi connectivity index (χ1v) is 6.99. The van der Waals surface area contributed by atoms with Gasteiger partial charge in [-0.25, -0.2) is 0 Å². The van der Waals surface area contributed by atoms with Gasteiger partial charge in [-0.3, -0.25) is 4.98 Å². The Hall–Kier alpha value is -1.84. The van der Waals surface area contributed by atoms with E-state index in [0.29, 0.717) is 5.22 Å². The van der Waals surface area contributed by atoms with Gasteiger partial charge in [-0.05, 0) is 35.8 Å². The molecule has 0 saturated heterocycles. The Kier molecular flexibility index (Phi) is 3.72. The third-order valence-corrected chi connectivity index (χ3v) is 3.65. The maximum absolute atomic E-state index is 6.14. The van der Waals surface area contributed by atoms with E-state index in [1.807, 2.05) is 24.4 Å². The number of benzene rings is 1. The molecular formula is C16H15ClN2O. The number of hydrogen-bond acceptors (Lipinski definition) is 3. The van der Waals surface area contributed by atoms with Crippen molar-refractivity contribution in [3.05, 3.63) is 65.2 Å². The van der Waals surface area contributed by atoms with E-state index in [4.69, 9.17) is 16.0 Å². The Morgan fingerprint density at radius 3 is 2.80 bits per heavy atom. The summed E-state index contributed by atoms with van der Waals surface area (Å²) in [7, 11) is 0. The summed E-state index contributed by atoms with van der Waals surface area (Å²) in [5, 5.41) is 4.99. The van der Waals surface area contributed by atoms with Crippen molar-refractivity contribution in [1.29, 1.82) is 0 Å². The van der Waals surface area contributed by atoms with Crippen molar-refractivity contribution in [3.8, 4) is 0 Å². The summed E-state index contributed by atoms with van der Waals surface area (Å²) < 4.78 is 5.23. The second-order valence-corrected chi connectivity index (χ2v) is 4.91. The molecule has 0 aliphatic heterocycles. The third-order valence-electron chi connectivity index (χ3n) is 3.34. The van der Waals surface area contributed by atoms with Gasteiger partial charge >= 0.3 is 0 Å². The summed E-state index contributed by atoms with van der Waals surface area (Å²) in [6.45, 7) is 2.90. The fraction of sp³-hybridized carbons (Fsp3) is 0.188. The third kappa shape index (κ3) is 2.30. The van der Waals surface area contributed by atoms with Crippen LogP contribution in [-0.4, -0.2) is 11.5 Å². The van der Waals surface area contributed by atoms with Crippen molar-refractivity contribution in [2.24, 2.45) is 0 Å². The lowest BCUT2D eigenvalue weighted by molar-refractivity contribution is 0.555. The SMILES string of the molecule is CCNC(c1ccoc1Cl)c1cccc2cccnc12. The molecule has 3 nitrogen and oxygen atoms in total. The van der Waals surface area contributed by atoms with Gasteiger partial charge in [0.2, 0.25) is 0 Å². The zero-order valence-electron chi connectivity index (χ0n) is 11.1. The number of para-hydroxylation sites is 1. The zero-order valence-corrected chi connectivity index (χ0v) is 11.9. The van der Waals surface area contributed by atoms with Gasteiger partial charge in [0.1, 0.15) is 0 Å². The lowest BCUT2D eigenvalue weighted by Crippen LogP contribution is -2.22. The lowest BCUT2D eigenvalue weighted by Gasteiger charge is -2.18. The van der Waals surface area contributed by atoms with Crippen LogP contribution in [0.2, 0.25) is 5.22 Å². The number of nitrogens with zero attached hydrogens (tertiary/aromatic N) is 1. The minimum Gasteiger partial charge on any atom is -0.453 e. The van der Waals surface area contributed by atoms with E-state index >= 15 is 0 Å². The van der Waals surface area contributed by atoms with E-state index in [9.17, 15) is 0 Å². The molecule has 102 valence electrons. The van der Waals surface area contributed by atoms with Crippen LogP contribution in [-0.2, 0) is 0 Å². The Bertz CT molecular complexity index is 718. The molecule has 1 atom stereocenters. The quantitative estimate of drug-likeness (QED) is 0.782. The number of furan rings is 1. The Balaban J connectivity index is 2.17. The summed E-state index contributed by atoms with van der Waals surface area (Å²) in [5.74, 6) is 0. The van der Waals surface area contributed by atoms with Gasteiger partial charge in [0, 0.05) is 17.1 Å². The van der Waals surface area contributed by atoms with Crippen LogP contribution in [0.4, 0.5) is 0 Å². The largest absolute Gasteiger partial charge is 0.453 e. The van der Waals surface area contributed by atoms with Gasteiger partial charge in [0.25, 0.3) is 0 Å². The molecule has 0 spiro atoms. The molecule has 3 rings (SSSR count). The molecule has 2 heterocycles. The maximum atomic E-state index is 6.14. The molecule has 0 bridgehead atoms. The van der Waals surface area contributed by atoms with E-state index in [1.165, 1.54) is 0 Å². The topological polar surface area (TPSA) is 38.1 Å². The molecule has 1 unspecified atom stereocenters. The Morgan fingerprint density at radius 1 is 1.20 bits per heavy atom. The standard InChI is InChI=1S/C16H15ClN2O/c1-2-18-15(13-8-10-20-16(13)17)12-7-3-5-11-6-4-9-19-14(11)12/h3-10,15,18H,2H2,1H3. The Labute approximate surface area is 122 Å². The van der Waals surface area contributed by atoms with E-state index in [1.54, 1.807) is 6.26 Å². The van der Waals surface area contributed by atoms with Crippen LogP contribution in [0.3, 0.4) is 0 Å². The molecule has 0 fully saturated rings. The highest BCUT2D eigenvalue weighted by Gasteiger charge is 2.20. The number of fused-ring (bicyclic) bond motifs is 1. The number of rotatable bonds is 4. The van der Waals surface area contributed by atoms with E-state index < -0.39 is 0 Å².